The van der Waals surface area contributed by atoms with Crippen LogP contribution in [0.15, 0.2) is 72.8 Å². The molecule has 32 heavy (non-hydrogen) atoms. The van der Waals surface area contributed by atoms with Gasteiger partial charge in [-0.25, -0.2) is 9.78 Å². The van der Waals surface area contributed by atoms with E-state index in [0.717, 1.165) is 47.4 Å². The highest BCUT2D eigenvalue weighted by molar-refractivity contribution is 5.99. The number of amides is 2. The lowest BCUT2D eigenvalue weighted by Crippen LogP contribution is -2.19. The van der Waals surface area contributed by atoms with Gasteiger partial charge in [0, 0.05) is 24.8 Å². The van der Waals surface area contributed by atoms with E-state index in [-0.39, 0.29) is 5.69 Å². The Balaban J connectivity index is 1.34. The molecule has 164 valence electrons. The largest absolute Gasteiger partial charge is 0.416 e. The predicted octanol–water partition coefficient (Wildman–Crippen LogP) is 6.02. The number of imidazole rings is 1. The van der Waals surface area contributed by atoms with Gasteiger partial charge in [-0.15, -0.1) is 0 Å². The first-order valence-corrected chi connectivity index (χ1v) is 10.0. The summed E-state index contributed by atoms with van der Waals surface area (Å²) >= 11 is 0. The maximum Gasteiger partial charge on any atom is 0.416 e. The number of rotatable bonds is 5. The van der Waals surface area contributed by atoms with Gasteiger partial charge in [-0.05, 0) is 54.4 Å². The maximum atomic E-state index is 12.8. The van der Waals surface area contributed by atoms with Crippen LogP contribution >= 0.6 is 0 Å². The van der Waals surface area contributed by atoms with E-state index in [0.29, 0.717) is 5.69 Å². The Morgan fingerprint density at radius 3 is 2.34 bits per heavy atom. The van der Waals surface area contributed by atoms with Crippen LogP contribution in [0.25, 0.3) is 11.0 Å². The summed E-state index contributed by atoms with van der Waals surface area (Å²) in [7, 11) is 2.00. The van der Waals surface area contributed by atoms with Crippen molar-refractivity contribution in [2.75, 3.05) is 10.6 Å². The molecule has 4 rings (SSSR count). The summed E-state index contributed by atoms with van der Waals surface area (Å²) in [4.78, 5) is 16.8. The molecule has 0 saturated carbocycles. The summed E-state index contributed by atoms with van der Waals surface area (Å²) in [6.07, 6.45) is -2.91. The van der Waals surface area contributed by atoms with E-state index in [2.05, 4.69) is 20.2 Å². The van der Waals surface area contributed by atoms with E-state index in [1.807, 2.05) is 43.4 Å². The van der Waals surface area contributed by atoms with Crippen molar-refractivity contribution in [3.63, 3.8) is 0 Å². The number of benzene rings is 3. The lowest BCUT2D eigenvalue weighted by Gasteiger charge is -2.11. The molecule has 0 saturated heterocycles. The number of fused-ring (bicyclic) bond motifs is 1. The van der Waals surface area contributed by atoms with E-state index in [9.17, 15) is 18.0 Å². The molecule has 4 aromatic rings. The molecule has 1 aromatic heterocycles. The van der Waals surface area contributed by atoms with Crippen LogP contribution in [0.3, 0.4) is 0 Å². The molecule has 5 nitrogen and oxygen atoms in total. The lowest BCUT2D eigenvalue weighted by molar-refractivity contribution is -0.137. The Kier molecular flexibility index (Phi) is 5.85. The fraction of sp³-hybridized carbons (Fsp3) is 0.167. The van der Waals surface area contributed by atoms with Crippen molar-refractivity contribution in [2.24, 2.45) is 7.05 Å². The molecule has 3 aromatic carbocycles. The van der Waals surface area contributed by atoms with Gasteiger partial charge < -0.3 is 15.2 Å². The van der Waals surface area contributed by atoms with Crippen molar-refractivity contribution in [1.29, 1.82) is 0 Å². The van der Waals surface area contributed by atoms with Gasteiger partial charge in [0.05, 0.1) is 16.6 Å². The first-order chi connectivity index (χ1) is 15.3. The summed E-state index contributed by atoms with van der Waals surface area (Å²) in [6, 6.07) is 19.2. The van der Waals surface area contributed by atoms with Crippen molar-refractivity contribution in [2.45, 2.75) is 19.0 Å². The molecular formula is C24H21F3N4O. The van der Waals surface area contributed by atoms with Crippen molar-refractivity contribution in [3.8, 4) is 0 Å². The minimum Gasteiger partial charge on any atom is -0.331 e. The molecule has 0 radical (unpaired) electrons. The van der Waals surface area contributed by atoms with Gasteiger partial charge in [-0.1, -0.05) is 30.3 Å². The summed E-state index contributed by atoms with van der Waals surface area (Å²) < 4.78 is 40.5. The quantitative estimate of drug-likeness (QED) is 0.400. The highest BCUT2D eigenvalue weighted by Crippen LogP contribution is 2.30. The number of hydrogen-bond acceptors (Lipinski definition) is 2. The molecule has 0 fully saturated rings. The Morgan fingerprint density at radius 2 is 1.62 bits per heavy atom. The fourth-order valence-electron chi connectivity index (χ4n) is 3.50. The second-order valence-corrected chi connectivity index (χ2v) is 7.43. The van der Waals surface area contributed by atoms with Gasteiger partial charge in [-0.3, -0.25) is 0 Å². The summed E-state index contributed by atoms with van der Waals surface area (Å²) in [5, 5.41) is 5.05. The lowest BCUT2D eigenvalue weighted by atomic mass is 10.1. The average molecular weight is 438 g/mol. The second kappa shape index (κ2) is 8.74. The third-order valence-corrected chi connectivity index (χ3v) is 5.18. The fourth-order valence-corrected chi connectivity index (χ4v) is 3.50. The number of aromatic nitrogens is 2. The van der Waals surface area contributed by atoms with Crippen LogP contribution < -0.4 is 10.6 Å². The van der Waals surface area contributed by atoms with Crippen LogP contribution in [0.4, 0.5) is 29.3 Å². The van der Waals surface area contributed by atoms with Gasteiger partial charge in [0.2, 0.25) is 0 Å². The number of alkyl halides is 3. The third-order valence-electron chi connectivity index (χ3n) is 5.18. The van der Waals surface area contributed by atoms with E-state index in [4.69, 9.17) is 0 Å². The Morgan fingerprint density at radius 1 is 0.906 bits per heavy atom. The molecule has 1 heterocycles. The topological polar surface area (TPSA) is 59.0 Å². The molecule has 0 bridgehead atoms. The Hall–Kier alpha value is -3.81. The molecular weight excluding hydrogens is 417 g/mol. The number of anilines is 2. The second-order valence-electron chi connectivity index (χ2n) is 7.43. The molecule has 0 spiro atoms. The highest BCUT2D eigenvalue weighted by atomic mass is 19.4. The number of para-hydroxylation sites is 2. The Bertz CT molecular complexity index is 1250. The first-order valence-electron chi connectivity index (χ1n) is 10.0. The van der Waals surface area contributed by atoms with Crippen LogP contribution in [-0.2, 0) is 26.1 Å². The van der Waals surface area contributed by atoms with Gasteiger partial charge in [0.25, 0.3) is 0 Å². The molecule has 0 aliphatic carbocycles. The summed E-state index contributed by atoms with van der Waals surface area (Å²) in [6.45, 7) is 0. The summed E-state index contributed by atoms with van der Waals surface area (Å²) in [5.41, 5.74) is 2.93. The van der Waals surface area contributed by atoms with Gasteiger partial charge in [0.1, 0.15) is 5.82 Å². The maximum absolute atomic E-state index is 12.8. The number of nitrogens with zero attached hydrogens (tertiary/aromatic N) is 2. The molecule has 0 aliphatic rings. The number of aryl methyl sites for hydroxylation is 3. The standard InChI is InChI=1S/C24H21F3N4O/c1-31-21-8-3-2-7-20(21)30-22(31)14-11-16-9-12-18(13-10-16)28-23(32)29-19-6-4-5-17(15-19)24(25,26)27/h2-10,12-13,15H,11,14H2,1H3,(H2,28,29,32). The van der Waals surface area contributed by atoms with E-state index in [1.54, 1.807) is 12.1 Å². The van der Waals surface area contributed by atoms with Crippen LogP contribution in [0.1, 0.15) is 17.0 Å². The number of halogens is 3. The zero-order valence-corrected chi connectivity index (χ0v) is 17.3. The average Bonchev–Trinajstić information content (AvgIpc) is 3.08. The molecule has 8 heteroatoms. The number of carbonyl (C=O) groups excluding carboxylic acids is 1. The third kappa shape index (κ3) is 4.91. The highest BCUT2D eigenvalue weighted by Gasteiger charge is 2.30. The molecule has 0 unspecified atom stereocenters. The van der Waals surface area contributed by atoms with E-state index < -0.39 is 17.8 Å². The van der Waals surface area contributed by atoms with Crippen molar-refractivity contribution in [1.82, 2.24) is 9.55 Å². The molecule has 0 aliphatic heterocycles. The monoisotopic (exact) mass is 438 g/mol. The van der Waals surface area contributed by atoms with Gasteiger partial charge >= 0.3 is 12.2 Å². The number of carbonyl (C=O) groups is 1. The molecule has 0 atom stereocenters. The minimum atomic E-state index is -4.47. The number of urea groups is 1. The number of nitrogens with one attached hydrogen (secondary N) is 2. The van der Waals surface area contributed by atoms with Crippen molar-refractivity contribution < 1.29 is 18.0 Å². The van der Waals surface area contributed by atoms with Crippen LogP contribution in [-0.4, -0.2) is 15.6 Å². The van der Waals surface area contributed by atoms with Crippen LogP contribution in [0, 0.1) is 0 Å². The van der Waals surface area contributed by atoms with Gasteiger partial charge in [-0.2, -0.15) is 13.2 Å². The summed E-state index contributed by atoms with van der Waals surface area (Å²) in [5.74, 6) is 0.994. The van der Waals surface area contributed by atoms with Crippen LogP contribution in [0.5, 0.6) is 0 Å². The molecule has 2 amide bonds. The first kappa shape index (κ1) is 21.4. The van der Waals surface area contributed by atoms with Crippen molar-refractivity contribution >= 4 is 28.4 Å². The Labute approximate surface area is 182 Å². The minimum absolute atomic E-state index is 0.0661. The zero-order chi connectivity index (χ0) is 22.7. The normalized spacial score (nSPS) is 11.5. The SMILES string of the molecule is Cn1c(CCc2ccc(NC(=O)Nc3cccc(C(F)(F)F)c3)cc2)nc2ccccc21. The molecule has 2 N–H and O–H groups in total. The zero-order valence-electron chi connectivity index (χ0n) is 17.3. The van der Waals surface area contributed by atoms with Crippen LogP contribution in [0.2, 0.25) is 0 Å². The number of hydrogen-bond donors (Lipinski definition) is 2. The van der Waals surface area contributed by atoms with Crippen molar-refractivity contribution in [3.05, 3.63) is 89.7 Å². The van der Waals surface area contributed by atoms with Gasteiger partial charge in [0.15, 0.2) is 0 Å². The predicted molar refractivity (Wildman–Crippen MR) is 119 cm³/mol. The smallest absolute Gasteiger partial charge is 0.331 e. The van der Waals surface area contributed by atoms with E-state index in [1.165, 1.54) is 12.1 Å². The van der Waals surface area contributed by atoms with E-state index >= 15 is 0 Å².